The first-order valence-electron chi connectivity index (χ1n) is 8.04. The van der Waals surface area contributed by atoms with Crippen LogP contribution < -0.4 is 0 Å². The highest BCUT2D eigenvalue weighted by Crippen LogP contribution is 2.28. The van der Waals surface area contributed by atoms with Gasteiger partial charge in [-0.15, -0.1) is 0 Å². The Kier molecular flexibility index (Phi) is 4.83. The number of rotatable bonds is 3. The second-order valence-corrected chi connectivity index (χ2v) is 7.07. The third-order valence-corrected chi connectivity index (χ3v) is 5.03. The Morgan fingerprint density at radius 3 is 2.71 bits per heavy atom. The molecule has 1 fully saturated rings. The summed E-state index contributed by atoms with van der Waals surface area (Å²) in [7, 11) is 0. The molecule has 4 nitrogen and oxygen atoms in total. The van der Waals surface area contributed by atoms with Crippen molar-refractivity contribution in [1.82, 2.24) is 4.90 Å². The summed E-state index contributed by atoms with van der Waals surface area (Å²) < 4.78 is 5.99. The molecule has 0 N–H and O–H groups in total. The molecule has 24 heavy (non-hydrogen) atoms. The van der Waals surface area contributed by atoms with Crippen molar-refractivity contribution in [3.05, 3.63) is 57.3 Å². The van der Waals surface area contributed by atoms with Crippen LogP contribution in [0.3, 0.4) is 0 Å². The van der Waals surface area contributed by atoms with E-state index in [1.54, 1.807) is 23.5 Å². The molecule has 1 aliphatic heterocycles. The number of hydrogen-bond acceptors (Lipinski definition) is 4. The van der Waals surface area contributed by atoms with E-state index in [0.29, 0.717) is 24.2 Å². The van der Waals surface area contributed by atoms with Gasteiger partial charge in [-0.3, -0.25) is 9.59 Å². The fourth-order valence-electron chi connectivity index (χ4n) is 3.08. The molecule has 0 radical (unpaired) electrons. The number of nitrogens with zero attached hydrogens (tertiary/aromatic N) is 1. The van der Waals surface area contributed by atoms with Crippen LogP contribution >= 0.6 is 11.3 Å². The number of hydrogen-bond donors (Lipinski definition) is 0. The van der Waals surface area contributed by atoms with E-state index < -0.39 is 0 Å². The van der Waals surface area contributed by atoms with E-state index in [1.807, 2.05) is 36.3 Å². The van der Waals surface area contributed by atoms with Gasteiger partial charge < -0.3 is 9.64 Å². The molecule has 0 bridgehead atoms. The number of ether oxygens (including phenoxy) is 1. The third kappa shape index (κ3) is 3.42. The normalized spacial score (nSPS) is 20.9. The molecule has 1 aromatic heterocycles. The van der Waals surface area contributed by atoms with E-state index in [1.165, 1.54) is 6.92 Å². The van der Waals surface area contributed by atoms with E-state index in [9.17, 15) is 9.59 Å². The Morgan fingerprint density at radius 2 is 2.04 bits per heavy atom. The number of morpholine rings is 1. The molecular weight excluding hydrogens is 322 g/mol. The monoisotopic (exact) mass is 343 g/mol. The minimum atomic E-state index is -0.0957. The Balaban J connectivity index is 1.84. The number of carbonyl (C=O) groups excluding carboxylic acids is 2. The summed E-state index contributed by atoms with van der Waals surface area (Å²) in [5, 5.41) is 4.08. The van der Waals surface area contributed by atoms with Crippen LogP contribution in [0, 0.1) is 6.92 Å². The van der Waals surface area contributed by atoms with Crippen molar-refractivity contribution in [2.45, 2.75) is 33.0 Å². The zero-order valence-corrected chi connectivity index (χ0v) is 14.9. The topological polar surface area (TPSA) is 46.6 Å². The van der Waals surface area contributed by atoms with Crippen molar-refractivity contribution in [2.75, 3.05) is 13.1 Å². The molecule has 2 heterocycles. The first kappa shape index (κ1) is 16.9. The average Bonchev–Trinajstić information content (AvgIpc) is 3.08. The van der Waals surface area contributed by atoms with Crippen LogP contribution in [0.1, 0.15) is 51.8 Å². The smallest absolute Gasteiger partial charge is 0.254 e. The second kappa shape index (κ2) is 6.87. The van der Waals surface area contributed by atoms with Gasteiger partial charge in [0, 0.05) is 17.7 Å². The summed E-state index contributed by atoms with van der Waals surface area (Å²) >= 11 is 1.63. The molecule has 0 saturated carbocycles. The van der Waals surface area contributed by atoms with E-state index in [-0.39, 0.29) is 23.9 Å². The Hall–Kier alpha value is -1.98. The SMILES string of the molecule is CC(=O)c1cc(C(=O)N2C[C@@H](C)O[C@@H](c3ccsc3)C2)ccc1C. The maximum Gasteiger partial charge on any atom is 0.254 e. The standard InChI is InChI=1S/C19H21NO3S/c1-12-4-5-15(8-17(12)14(3)21)19(22)20-9-13(2)23-18(10-20)16-6-7-24-11-16/h4-8,11,13,18H,9-10H2,1-3H3/t13-,18-/m1/s1. The van der Waals surface area contributed by atoms with Crippen LogP contribution in [0.4, 0.5) is 0 Å². The zero-order chi connectivity index (χ0) is 17.3. The van der Waals surface area contributed by atoms with Crippen molar-refractivity contribution in [1.29, 1.82) is 0 Å². The Bertz CT molecular complexity index is 754. The molecule has 0 aliphatic carbocycles. The molecular formula is C19H21NO3S. The van der Waals surface area contributed by atoms with Crippen LogP contribution in [0.25, 0.3) is 0 Å². The Morgan fingerprint density at radius 1 is 1.25 bits per heavy atom. The van der Waals surface area contributed by atoms with Crippen molar-refractivity contribution < 1.29 is 14.3 Å². The molecule has 1 amide bonds. The maximum absolute atomic E-state index is 12.9. The van der Waals surface area contributed by atoms with Gasteiger partial charge in [0.1, 0.15) is 6.10 Å². The summed E-state index contributed by atoms with van der Waals surface area (Å²) in [4.78, 5) is 26.5. The molecule has 0 unspecified atom stereocenters. The van der Waals surface area contributed by atoms with E-state index in [0.717, 1.165) is 11.1 Å². The molecule has 3 rings (SSSR count). The van der Waals surface area contributed by atoms with Gasteiger partial charge in [0.15, 0.2) is 5.78 Å². The van der Waals surface area contributed by atoms with Crippen LogP contribution in [0.2, 0.25) is 0 Å². The average molecular weight is 343 g/mol. The number of carbonyl (C=O) groups is 2. The van der Waals surface area contributed by atoms with Crippen molar-refractivity contribution >= 4 is 23.0 Å². The van der Waals surface area contributed by atoms with Crippen molar-refractivity contribution in [2.24, 2.45) is 0 Å². The lowest BCUT2D eigenvalue weighted by atomic mass is 10.0. The molecule has 0 spiro atoms. The summed E-state index contributed by atoms with van der Waals surface area (Å²) in [5.41, 5.74) is 3.17. The lowest BCUT2D eigenvalue weighted by molar-refractivity contribution is -0.0690. The quantitative estimate of drug-likeness (QED) is 0.795. The molecule has 126 valence electrons. The number of aryl methyl sites for hydroxylation is 1. The van der Waals surface area contributed by atoms with E-state index >= 15 is 0 Å². The number of benzene rings is 1. The summed E-state index contributed by atoms with van der Waals surface area (Å²) in [6.07, 6.45) is -0.119. The molecule has 1 saturated heterocycles. The van der Waals surface area contributed by atoms with Gasteiger partial charge in [-0.25, -0.2) is 0 Å². The van der Waals surface area contributed by atoms with Gasteiger partial charge in [0.05, 0.1) is 12.6 Å². The van der Waals surface area contributed by atoms with Gasteiger partial charge in [-0.05, 0) is 60.9 Å². The van der Waals surface area contributed by atoms with Gasteiger partial charge >= 0.3 is 0 Å². The third-order valence-electron chi connectivity index (χ3n) is 4.33. The van der Waals surface area contributed by atoms with Crippen LogP contribution in [0.15, 0.2) is 35.0 Å². The zero-order valence-electron chi connectivity index (χ0n) is 14.1. The van der Waals surface area contributed by atoms with Crippen LogP contribution in [-0.2, 0) is 4.74 Å². The molecule has 1 aliphatic rings. The first-order chi connectivity index (χ1) is 11.5. The van der Waals surface area contributed by atoms with Crippen molar-refractivity contribution in [3.8, 4) is 0 Å². The van der Waals surface area contributed by atoms with Gasteiger partial charge in [-0.2, -0.15) is 11.3 Å². The van der Waals surface area contributed by atoms with E-state index in [4.69, 9.17) is 4.74 Å². The minimum absolute atomic E-state index is 0.0198. The van der Waals surface area contributed by atoms with Crippen LogP contribution in [-0.4, -0.2) is 35.8 Å². The molecule has 2 aromatic rings. The fourth-order valence-corrected chi connectivity index (χ4v) is 3.78. The minimum Gasteiger partial charge on any atom is -0.367 e. The van der Waals surface area contributed by atoms with Crippen LogP contribution in [0.5, 0.6) is 0 Å². The number of ketones is 1. The largest absolute Gasteiger partial charge is 0.367 e. The second-order valence-electron chi connectivity index (χ2n) is 6.29. The highest BCUT2D eigenvalue weighted by atomic mass is 32.1. The highest BCUT2D eigenvalue weighted by molar-refractivity contribution is 7.07. The van der Waals surface area contributed by atoms with E-state index in [2.05, 4.69) is 5.38 Å². The summed E-state index contributed by atoms with van der Waals surface area (Å²) in [5.74, 6) is -0.0680. The molecule has 1 aromatic carbocycles. The number of thiophene rings is 1. The maximum atomic E-state index is 12.9. The predicted molar refractivity (Wildman–Crippen MR) is 94.7 cm³/mol. The van der Waals surface area contributed by atoms with Gasteiger partial charge in [0.25, 0.3) is 5.91 Å². The molecule has 2 atom stereocenters. The van der Waals surface area contributed by atoms with Gasteiger partial charge in [0.2, 0.25) is 0 Å². The molecule has 5 heteroatoms. The summed E-state index contributed by atoms with van der Waals surface area (Å²) in [6, 6.07) is 7.38. The number of amides is 1. The first-order valence-corrected chi connectivity index (χ1v) is 8.98. The summed E-state index contributed by atoms with van der Waals surface area (Å²) in [6.45, 7) is 6.48. The number of Topliss-reactive ketones (excluding diaryl/α,β-unsaturated/α-hetero) is 1. The fraction of sp³-hybridized carbons (Fsp3) is 0.368. The lowest BCUT2D eigenvalue weighted by Gasteiger charge is -2.36. The van der Waals surface area contributed by atoms with Crippen molar-refractivity contribution in [3.63, 3.8) is 0 Å². The Labute approximate surface area is 146 Å². The van der Waals surface area contributed by atoms with Gasteiger partial charge in [-0.1, -0.05) is 6.07 Å². The highest BCUT2D eigenvalue weighted by Gasteiger charge is 2.30. The lowest BCUT2D eigenvalue weighted by Crippen LogP contribution is -2.45. The predicted octanol–water partition coefficient (Wildman–Crippen LogP) is 3.86.